The van der Waals surface area contributed by atoms with Gasteiger partial charge >= 0.3 is 6.03 Å². The fraction of sp³-hybridized carbons (Fsp3) is 0.611. The molecule has 1 aliphatic rings. The number of carbonyl (C=O) groups is 2. The smallest absolute Gasteiger partial charge is 0.325 e. The molecule has 0 radical (unpaired) electrons. The van der Waals surface area contributed by atoms with Gasteiger partial charge in [0.1, 0.15) is 10.7 Å². The summed E-state index contributed by atoms with van der Waals surface area (Å²) in [7, 11) is 1.83. The zero-order chi connectivity index (χ0) is 20.9. The molecule has 1 fully saturated rings. The van der Waals surface area contributed by atoms with Crippen LogP contribution < -0.4 is 16.0 Å². The second kappa shape index (κ2) is 9.52. The molecule has 10 heteroatoms. The molecule has 1 atom stereocenters. The van der Waals surface area contributed by atoms with E-state index in [0.29, 0.717) is 55.2 Å². The fourth-order valence-electron chi connectivity index (χ4n) is 2.88. The van der Waals surface area contributed by atoms with Crippen LogP contribution in [0.15, 0.2) is 11.1 Å². The molecule has 1 saturated heterocycles. The van der Waals surface area contributed by atoms with E-state index in [4.69, 9.17) is 23.2 Å². The predicted molar refractivity (Wildman–Crippen MR) is 112 cm³/mol. The van der Waals surface area contributed by atoms with Crippen LogP contribution in [0.3, 0.4) is 0 Å². The first kappa shape index (κ1) is 22.4. The van der Waals surface area contributed by atoms with Gasteiger partial charge in [0.2, 0.25) is 0 Å². The molecule has 0 bridgehead atoms. The predicted octanol–water partition coefficient (Wildman–Crippen LogP) is 2.50. The third-order valence-electron chi connectivity index (χ3n) is 4.86. The number of hydrogen-bond acceptors (Lipinski definition) is 3. The van der Waals surface area contributed by atoms with E-state index in [0.717, 1.165) is 5.69 Å². The van der Waals surface area contributed by atoms with Gasteiger partial charge in [-0.05, 0) is 32.8 Å². The molecule has 156 valence electrons. The molecular formula is C18H28Cl2N6O2. The number of imide groups is 1. The summed E-state index contributed by atoms with van der Waals surface area (Å²) in [5.74, 6) is 0.476. The van der Waals surface area contributed by atoms with Gasteiger partial charge in [0.25, 0.3) is 5.91 Å². The number of nitrogens with zero attached hydrogens (tertiary/aromatic N) is 3. The molecule has 3 N–H and O–H groups in total. The molecule has 0 spiro atoms. The average molecular weight is 431 g/mol. The lowest BCUT2D eigenvalue weighted by Gasteiger charge is -2.19. The van der Waals surface area contributed by atoms with Crippen molar-refractivity contribution in [2.45, 2.75) is 45.7 Å². The minimum absolute atomic E-state index is 0.168. The minimum atomic E-state index is -0.793. The van der Waals surface area contributed by atoms with Gasteiger partial charge in [0.05, 0.1) is 11.6 Å². The third kappa shape index (κ3) is 4.91. The number of aliphatic imine (C=N–C) groups is 1. The second-order valence-corrected chi connectivity index (χ2v) is 7.65. The Balaban J connectivity index is 1.87. The molecule has 8 nitrogen and oxygen atoms in total. The number of amides is 3. The molecule has 0 aromatic carbocycles. The van der Waals surface area contributed by atoms with Crippen LogP contribution in [0.1, 0.15) is 39.3 Å². The van der Waals surface area contributed by atoms with E-state index in [1.165, 1.54) is 4.90 Å². The van der Waals surface area contributed by atoms with Crippen molar-refractivity contribution in [2.75, 3.05) is 19.6 Å². The number of guanidine groups is 1. The highest BCUT2D eigenvalue weighted by molar-refractivity contribution is 6.41. The maximum Gasteiger partial charge on any atom is 0.325 e. The van der Waals surface area contributed by atoms with Gasteiger partial charge in [0.15, 0.2) is 5.96 Å². The van der Waals surface area contributed by atoms with E-state index < -0.39 is 5.54 Å². The normalized spacial score (nSPS) is 19.9. The third-order valence-corrected chi connectivity index (χ3v) is 5.70. The Hall–Kier alpha value is -1.93. The van der Waals surface area contributed by atoms with Crippen molar-refractivity contribution < 1.29 is 9.59 Å². The van der Waals surface area contributed by atoms with Gasteiger partial charge in [-0.15, -0.1) is 0 Å². The van der Waals surface area contributed by atoms with E-state index in [1.54, 1.807) is 17.6 Å². The second-order valence-electron chi connectivity index (χ2n) is 6.88. The van der Waals surface area contributed by atoms with Crippen LogP contribution in [0.5, 0.6) is 0 Å². The number of nitrogens with one attached hydrogen (secondary N) is 3. The zero-order valence-electron chi connectivity index (χ0n) is 16.7. The van der Waals surface area contributed by atoms with E-state index in [1.807, 2.05) is 20.9 Å². The summed E-state index contributed by atoms with van der Waals surface area (Å²) in [5.41, 5.74) is 0.101. The zero-order valence-corrected chi connectivity index (χ0v) is 18.2. The van der Waals surface area contributed by atoms with Crippen LogP contribution in [0.2, 0.25) is 10.2 Å². The summed E-state index contributed by atoms with van der Waals surface area (Å²) < 4.78 is 1.79. The van der Waals surface area contributed by atoms with Crippen LogP contribution >= 0.6 is 23.2 Å². The van der Waals surface area contributed by atoms with Crippen molar-refractivity contribution in [1.82, 2.24) is 25.4 Å². The number of carbonyl (C=O) groups excluding carboxylic acids is 2. The van der Waals surface area contributed by atoms with Crippen molar-refractivity contribution in [3.05, 3.63) is 21.9 Å². The van der Waals surface area contributed by atoms with Crippen LogP contribution in [0.4, 0.5) is 4.79 Å². The standard InChI is InChI=1S/C18H28Cl2N6O2/c1-5-18(3)15(27)26(17(28)24-18)9-7-8-22-16(21-6-2)23-11-12-10-13(19)14(20)25(12)4/h10H,5-9,11H2,1-4H3,(H,24,28)(H2,21,22,23). The van der Waals surface area contributed by atoms with Crippen LogP contribution in [-0.2, 0) is 18.4 Å². The van der Waals surface area contributed by atoms with E-state index in [-0.39, 0.29) is 11.9 Å². The Morgan fingerprint density at radius 3 is 2.54 bits per heavy atom. The van der Waals surface area contributed by atoms with Gasteiger partial charge in [-0.3, -0.25) is 9.69 Å². The van der Waals surface area contributed by atoms with Crippen molar-refractivity contribution in [2.24, 2.45) is 12.0 Å². The molecule has 0 saturated carbocycles. The lowest BCUT2D eigenvalue weighted by atomic mass is 9.99. The summed E-state index contributed by atoms with van der Waals surface area (Å²) in [6.45, 7) is 7.67. The molecule has 2 heterocycles. The first-order valence-electron chi connectivity index (χ1n) is 9.39. The molecule has 0 aliphatic carbocycles. The number of urea groups is 1. The maximum absolute atomic E-state index is 12.4. The minimum Gasteiger partial charge on any atom is -0.357 e. The average Bonchev–Trinajstić information content (AvgIpc) is 3.04. The largest absolute Gasteiger partial charge is 0.357 e. The fourth-order valence-corrected chi connectivity index (χ4v) is 3.29. The van der Waals surface area contributed by atoms with Crippen LogP contribution in [0.25, 0.3) is 0 Å². The summed E-state index contributed by atoms with van der Waals surface area (Å²) >= 11 is 12.1. The first-order chi connectivity index (χ1) is 13.2. The van der Waals surface area contributed by atoms with E-state index in [2.05, 4.69) is 20.9 Å². The highest BCUT2D eigenvalue weighted by Crippen LogP contribution is 2.25. The van der Waals surface area contributed by atoms with Crippen molar-refractivity contribution in [3.63, 3.8) is 0 Å². The van der Waals surface area contributed by atoms with Gasteiger partial charge in [-0.1, -0.05) is 30.1 Å². The molecule has 1 aromatic rings. The summed E-state index contributed by atoms with van der Waals surface area (Å²) in [6.07, 6.45) is 1.18. The quantitative estimate of drug-likeness (QED) is 0.255. The van der Waals surface area contributed by atoms with Crippen LogP contribution in [0, 0.1) is 0 Å². The molecule has 2 rings (SSSR count). The number of rotatable bonds is 8. The maximum atomic E-state index is 12.4. The van der Waals surface area contributed by atoms with E-state index in [9.17, 15) is 9.59 Å². The monoisotopic (exact) mass is 430 g/mol. The summed E-state index contributed by atoms with van der Waals surface area (Å²) in [4.78, 5) is 30.2. The SMILES string of the molecule is CCNC(=NCc1cc(Cl)c(Cl)n1C)NCCCN1C(=O)NC(C)(CC)C1=O. The van der Waals surface area contributed by atoms with Crippen molar-refractivity contribution in [3.8, 4) is 0 Å². The molecule has 1 aromatic heterocycles. The van der Waals surface area contributed by atoms with Crippen molar-refractivity contribution in [1.29, 1.82) is 0 Å². The van der Waals surface area contributed by atoms with Gasteiger partial charge in [0, 0.05) is 32.4 Å². The molecule has 1 unspecified atom stereocenters. The van der Waals surface area contributed by atoms with Gasteiger partial charge in [-0.25, -0.2) is 9.79 Å². The number of hydrogen-bond donors (Lipinski definition) is 3. The Morgan fingerprint density at radius 1 is 1.29 bits per heavy atom. The Morgan fingerprint density at radius 2 is 2.00 bits per heavy atom. The topological polar surface area (TPSA) is 90.8 Å². The molecule has 1 aliphatic heterocycles. The van der Waals surface area contributed by atoms with Gasteiger partial charge in [-0.2, -0.15) is 0 Å². The number of aromatic nitrogens is 1. The Bertz CT molecular complexity index is 764. The molecular weight excluding hydrogens is 403 g/mol. The lowest BCUT2D eigenvalue weighted by Crippen LogP contribution is -2.43. The highest BCUT2D eigenvalue weighted by atomic mass is 35.5. The summed E-state index contributed by atoms with van der Waals surface area (Å²) in [5, 5.41) is 10.1. The number of halogens is 2. The molecule has 3 amide bonds. The van der Waals surface area contributed by atoms with Gasteiger partial charge < -0.3 is 20.5 Å². The van der Waals surface area contributed by atoms with E-state index >= 15 is 0 Å². The summed E-state index contributed by atoms with van der Waals surface area (Å²) in [6, 6.07) is 1.46. The van der Waals surface area contributed by atoms with Crippen LogP contribution in [-0.4, -0.2) is 52.5 Å². The highest BCUT2D eigenvalue weighted by Gasteiger charge is 2.45. The van der Waals surface area contributed by atoms with Crippen molar-refractivity contribution >= 4 is 41.1 Å². The lowest BCUT2D eigenvalue weighted by molar-refractivity contribution is -0.130. The Kier molecular flexibility index (Phi) is 7.60. The first-order valence-corrected chi connectivity index (χ1v) is 10.1. The Labute approximate surface area is 175 Å². The molecule has 28 heavy (non-hydrogen) atoms.